The molecule has 0 saturated carbocycles. The summed E-state index contributed by atoms with van der Waals surface area (Å²) >= 11 is 0. The highest BCUT2D eigenvalue weighted by atomic mass is 15.1. The van der Waals surface area contributed by atoms with E-state index < -0.39 is 0 Å². The maximum absolute atomic E-state index is 4.64. The molecule has 0 spiro atoms. The Labute approximate surface area is 103 Å². The van der Waals surface area contributed by atoms with Crippen molar-refractivity contribution in [1.29, 1.82) is 0 Å². The molecule has 0 aliphatic heterocycles. The molecule has 2 aromatic rings. The lowest BCUT2D eigenvalue weighted by Crippen LogP contribution is -2.21. The van der Waals surface area contributed by atoms with Gasteiger partial charge in [0.2, 0.25) is 0 Å². The molecule has 0 bridgehead atoms. The fourth-order valence-corrected chi connectivity index (χ4v) is 2.00. The van der Waals surface area contributed by atoms with Crippen LogP contribution in [-0.4, -0.2) is 14.4 Å². The van der Waals surface area contributed by atoms with E-state index in [1.165, 1.54) is 5.56 Å². The summed E-state index contributed by atoms with van der Waals surface area (Å²) in [7, 11) is 0. The first kappa shape index (κ1) is 12.1. The van der Waals surface area contributed by atoms with E-state index in [1.54, 1.807) is 0 Å². The Kier molecular flexibility index (Phi) is 2.53. The fraction of sp³-hybridized carbons (Fsp3) is 0.571. The minimum atomic E-state index is 0.0232. The molecule has 2 aromatic heterocycles. The Morgan fingerprint density at radius 3 is 2.12 bits per heavy atom. The van der Waals surface area contributed by atoms with Gasteiger partial charge in [-0.3, -0.25) is 4.40 Å². The number of rotatable bonds is 0. The monoisotopic (exact) mass is 231 g/mol. The van der Waals surface area contributed by atoms with Gasteiger partial charge in [0.25, 0.3) is 0 Å². The molecular formula is C14H21N3. The van der Waals surface area contributed by atoms with Crippen LogP contribution in [0.25, 0.3) is 5.65 Å². The van der Waals surface area contributed by atoms with Crippen molar-refractivity contribution in [2.24, 2.45) is 0 Å². The highest BCUT2D eigenvalue weighted by Crippen LogP contribution is 2.28. The molecule has 0 fully saturated rings. The van der Waals surface area contributed by atoms with Gasteiger partial charge in [0.05, 0.1) is 0 Å². The Morgan fingerprint density at radius 2 is 1.59 bits per heavy atom. The maximum Gasteiger partial charge on any atom is 0.143 e. The summed E-state index contributed by atoms with van der Waals surface area (Å²) in [4.78, 5) is 9.12. The minimum Gasteiger partial charge on any atom is -0.287 e. The lowest BCUT2D eigenvalue weighted by Gasteiger charge is -2.24. The molecule has 0 aliphatic carbocycles. The number of nitrogens with zero attached hydrogens (tertiary/aromatic N) is 3. The van der Waals surface area contributed by atoms with Crippen molar-refractivity contribution in [1.82, 2.24) is 14.4 Å². The first-order valence-corrected chi connectivity index (χ1v) is 6.04. The lowest BCUT2D eigenvalue weighted by molar-refractivity contribution is 0.526. The van der Waals surface area contributed by atoms with Crippen molar-refractivity contribution in [3.8, 4) is 0 Å². The largest absolute Gasteiger partial charge is 0.287 e. The van der Waals surface area contributed by atoms with Crippen molar-refractivity contribution in [2.75, 3.05) is 0 Å². The molecule has 0 N–H and O–H groups in total. The molecule has 3 nitrogen and oxygen atoms in total. The Morgan fingerprint density at radius 1 is 0.941 bits per heavy atom. The Hall–Kier alpha value is -1.38. The van der Waals surface area contributed by atoms with E-state index in [0.717, 1.165) is 11.5 Å². The predicted molar refractivity (Wildman–Crippen MR) is 70.4 cm³/mol. The highest BCUT2D eigenvalue weighted by molar-refractivity contribution is 5.51. The number of imidazole rings is 1. The zero-order valence-electron chi connectivity index (χ0n) is 11.6. The molecule has 0 aliphatic rings. The van der Waals surface area contributed by atoms with Gasteiger partial charge in [-0.2, -0.15) is 0 Å². The first-order valence-electron chi connectivity index (χ1n) is 6.04. The van der Waals surface area contributed by atoms with Crippen LogP contribution >= 0.6 is 0 Å². The molecule has 92 valence electrons. The van der Waals surface area contributed by atoms with Gasteiger partial charge >= 0.3 is 0 Å². The van der Waals surface area contributed by atoms with Crippen molar-refractivity contribution in [3.63, 3.8) is 0 Å². The number of aromatic nitrogens is 3. The van der Waals surface area contributed by atoms with Gasteiger partial charge in [-0.1, -0.05) is 41.5 Å². The predicted octanol–water partition coefficient (Wildman–Crippen LogP) is 3.32. The molecule has 17 heavy (non-hydrogen) atoms. The zero-order chi connectivity index (χ0) is 12.8. The molecule has 0 unspecified atom stereocenters. The summed E-state index contributed by atoms with van der Waals surface area (Å²) in [5, 5.41) is 0. The van der Waals surface area contributed by atoms with E-state index in [4.69, 9.17) is 0 Å². The second-order valence-electron chi connectivity index (χ2n) is 6.62. The van der Waals surface area contributed by atoms with Crippen LogP contribution in [0.3, 0.4) is 0 Å². The topological polar surface area (TPSA) is 30.2 Å². The maximum atomic E-state index is 4.64. The second-order valence-corrected chi connectivity index (χ2v) is 6.62. The van der Waals surface area contributed by atoms with Crippen molar-refractivity contribution < 1.29 is 0 Å². The number of fused-ring (bicyclic) bond motifs is 1. The summed E-state index contributed by atoms with van der Waals surface area (Å²) in [6, 6.07) is 0. The summed E-state index contributed by atoms with van der Waals surface area (Å²) in [5.74, 6) is 1.05. The molecule has 0 saturated heterocycles. The Bertz CT molecular complexity index is 491. The van der Waals surface area contributed by atoms with Crippen molar-refractivity contribution in [3.05, 3.63) is 30.0 Å². The quantitative estimate of drug-likeness (QED) is 0.696. The molecule has 0 aromatic carbocycles. The molecule has 0 radical (unpaired) electrons. The SMILES string of the molecule is CC(C)(C)c1cnc(C(C)(C)C)n2ccnc12. The van der Waals surface area contributed by atoms with Gasteiger partial charge in [-0.05, 0) is 5.41 Å². The molecule has 2 heterocycles. The van der Waals surface area contributed by atoms with E-state index in [1.807, 2.05) is 18.6 Å². The lowest BCUT2D eigenvalue weighted by atomic mass is 9.88. The van der Waals surface area contributed by atoms with Gasteiger partial charge in [0.1, 0.15) is 11.5 Å². The number of hydrogen-bond acceptors (Lipinski definition) is 2. The van der Waals surface area contributed by atoms with Crippen molar-refractivity contribution in [2.45, 2.75) is 52.4 Å². The molecular weight excluding hydrogens is 210 g/mol. The van der Waals surface area contributed by atoms with E-state index in [2.05, 4.69) is 55.9 Å². The summed E-state index contributed by atoms with van der Waals surface area (Å²) < 4.78 is 2.11. The second kappa shape index (κ2) is 3.56. The van der Waals surface area contributed by atoms with Crippen LogP contribution in [0.1, 0.15) is 52.9 Å². The van der Waals surface area contributed by atoms with Crippen LogP contribution < -0.4 is 0 Å². The molecule has 0 atom stereocenters. The van der Waals surface area contributed by atoms with Gasteiger partial charge in [0.15, 0.2) is 0 Å². The van der Waals surface area contributed by atoms with E-state index in [-0.39, 0.29) is 10.8 Å². The third-order valence-corrected chi connectivity index (χ3v) is 2.90. The van der Waals surface area contributed by atoms with E-state index in [9.17, 15) is 0 Å². The van der Waals surface area contributed by atoms with Crippen LogP contribution in [0.2, 0.25) is 0 Å². The average molecular weight is 231 g/mol. The Balaban J connectivity index is 2.76. The minimum absolute atomic E-state index is 0.0232. The molecule has 2 rings (SSSR count). The van der Waals surface area contributed by atoms with Crippen LogP contribution in [-0.2, 0) is 10.8 Å². The smallest absolute Gasteiger partial charge is 0.143 e. The normalized spacial score (nSPS) is 13.3. The highest BCUT2D eigenvalue weighted by Gasteiger charge is 2.24. The zero-order valence-corrected chi connectivity index (χ0v) is 11.6. The van der Waals surface area contributed by atoms with Crippen molar-refractivity contribution >= 4 is 5.65 Å². The van der Waals surface area contributed by atoms with Crippen LogP contribution in [0.15, 0.2) is 18.6 Å². The van der Waals surface area contributed by atoms with E-state index in [0.29, 0.717) is 0 Å². The molecule has 3 heteroatoms. The number of hydrogen-bond donors (Lipinski definition) is 0. The average Bonchev–Trinajstić information content (AvgIpc) is 2.60. The van der Waals surface area contributed by atoms with Gasteiger partial charge < -0.3 is 0 Å². The third-order valence-electron chi connectivity index (χ3n) is 2.90. The van der Waals surface area contributed by atoms with Gasteiger partial charge in [0, 0.05) is 29.6 Å². The fourth-order valence-electron chi connectivity index (χ4n) is 2.00. The van der Waals surface area contributed by atoms with Crippen LogP contribution in [0, 0.1) is 0 Å². The van der Waals surface area contributed by atoms with Crippen LogP contribution in [0.4, 0.5) is 0 Å². The van der Waals surface area contributed by atoms with Crippen LogP contribution in [0.5, 0.6) is 0 Å². The summed E-state index contributed by atoms with van der Waals surface area (Å²) in [6.45, 7) is 13.1. The third kappa shape index (κ3) is 2.06. The van der Waals surface area contributed by atoms with Gasteiger partial charge in [-0.25, -0.2) is 9.97 Å². The molecule has 0 amide bonds. The van der Waals surface area contributed by atoms with Gasteiger partial charge in [-0.15, -0.1) is 0 Å². The summed E-state index contributed by atoms with van der Waals surface area (Å²) in [6.07, 6.45) is 5.82. The first-order chi connectivity index (χ1) is 7.71. The van der Waals surface area contributed by atoms with E-state index >= 15 is 0 Å². The standard InChI is InChI=1S/C14H21N3/c1-13(2,3)10-9-16-12(14(4,5)6)17-8-7-15-11(10)17/h7-9H,1-6H3. The summed E-state index contributed by atoms with van der Waals surface area (Å²) in [5.41, 5.74) is 2.30.